The minimum absolute atomic E-state index is 0.915. The molecule has 1 atom stereocenters. The molecule has 1 aliphatic rings. The first kappa shape index (κ1) is 9.05. The minimum Gasteiger partial charge on any atom is -0.306 e. The predicted octanol–water partition coefficient (Wildman–Crippen LogP) is 2.52. The molecule has 0 bridgehead atoms. The van der Waals surface area contributed by atoms with Crippen molar-refractivity contribution >= 4 is 0 Å². The smallest absolute Gasteiger partial charge is 0.000397 e. The van der Waals surface area contributed by atoms with Gasteiger partial charge in [-0.15, -0.1) is 0 Å². The lowest BCUT2D eigenvalue weighted by Gasteiger charge is -2.19. The van der Waals surface area contributed by atoms with E-state index in [4.69, 9.17) is 0 Å². The fraction of sp³-hybridized carbons (Fsp3) is 1.00. The van der Waals surface area contributed by atoms with Gasteiger partial charge in [0.15, 0.2) is 0 Å². The molecular formula is C10H21N. The fourth-order valence-corrected chi connectivity index (χ4v) is 1.94. The highest BCUT2D eigenvalue weighted by Gasteiger charge is 2.08. The Balaban J connectivity index is 2.27. The van der Waals surface area contributed by atoms with Gasteiger partial charge in [0.2, 0.25) is 0 Å². The summed E-state index contributed by atoms with van der Waals surface area (Å²) >= 11 is 0. The molecule has 1 saturated heterocycles. The van der Waals surface area contributed by atoms with Crippen LogP contribution in [0.15, 0.2) is 0 Å². The molecule has 1 heteroatoms. The van der Waals surface area contributed by atoms with Crippen molar-refractivity contribution < 1.29 is 0 Å². The highest BCUT2D eigenvalue weighted by atomic mass is 15.1. The third-order valence-electron chi connectivity index (χ3n) is 2.61. The van der Waals surface area contributed by atoms with E-state index in [0.29, 0.717) is 0 Å². The second-order valence-electron chi connectivity index (χ2n) is 4.07. The zero-order valence-corrected chi connectivity index (χ0v) is 7.97. The van der Waals surface area contributed by atoms with Gasteiger partial charge in [0.1, 0.15) is 0 Å². The Morgan fingerprint density at radius 1 is 1.09 bits per heavy atom. The molecule has 0 spiro atoms. The van der Waals surface area contributed by atoms with Gasteiger partial charge < -0.3 is 4.90 Å². The lowest BCUT2D eigenvalue weighted by molar-refractivity contribution is 0.283. The van der Waals surface area contributed by atoms with E-state index in [9.17, 15) is 0 Å². The highest BCUT2D eigenvalue weighted by Crippen LogP contribution is 2.14. The standard InChI is InChI=1S/C10H21N/c1-10-7-5-3-4-6-8-11(2)9-10/h10H,3-9H2,1-2H3/t10-/m1/s1. The van der Waals surface area contributed by atoms with Gasteiger partial charge in [-0.05, 0) is 32.4 Å². The summed E-state index contributed by atoms with van der Waals surface area (Å²) < 4.78 is 0. The van der Waals surface area contributed by atoms with Crippen LogP contribution in [0, 0.1) is 5.92 Å². The van der Waals surface area contributed by atoms with Crippen LogP contribution in [0.2, 0.25) is 0 Å². The molecule has 1 rings (SSSR count). The number of hydrogen-bond donors (Lipinski definition) is 0. The minimum atomic E-state index is 0.915. The highest BCUT2D eigenvalue weighted by molar-refractivity contribution is 4.62. The van der Waals surface area contributed by atoms with Crippen LogP contribution in [0.25, 0.3) is 0 Å². The molecule has 1 aliphatic heterocycles. The van der Waals surface area contributed by atoms with Gasteiger partial charge in [0.25, 0.3) is 0 Å². The monoisotopic (exact) mass is 155 g/mol. The molecule has 66 valence electrons. The summed E-state index contributed by atoms with van der Waals surface area (Å²) in [4.78, 5) is 2.48. The molecule has 0 aromatic rings. The first-order valence-corrected chi connectivity index (χ1v) is 4.97. The van der Waals surface area contributed by atoms with Gasteiger partial charge in [-0.2, -0.15) is 0 Å². The van der Waals surface area contributed by atoms with Crippen molar-refractivity contribution in [2.24, 2.45) is 5.92 Å². The van der Waals surface area contributed by atoms with E-state index in [-0.39, 0.29) is 0 Å². The average Bonchev–Trinajstić information content (AvgIpc) is 2.02. The second kappa shape index (κ2) is 4.76. The summed E-state index contributed by atoms with van der Waals surface area (Å²) in [6, 6.07) is 0. The maximum absolute atomic E-state index is 2.48. The summed E-state index contributed by atoms with van der Waals surface area (Å²) in [6.07, 6.45) is 7.19. The van der Waals surface area contributed by atoms with Gasteiger partial charge in [-0.1, -0.05) is 26.2 Å². The topological polar surface area (TPSA) is 3.24 Å². The summed E-state index contributed by atoms with van der Waals surface area (Å²) in [7, 11) is 2.25. The van der Waals surface area contributed by atoms with Crippen LogP contribution >= 0.6 is 0 Å². The van der Waals surface area contributed by atoms with Crippen molar-refractivity contribution in [3.05, 3.63) is 0 Å². The Hall–Kier alpha value is -0.0400. The maximum atomic E-state index is 2.48. The van der Waals surface area contributed by atoms with E-state index < -0.39 is 0 Å². The fourth-order valence-electron chi connectivity index (χ4n) is 1.94. The van der Waals surface area contributed by atoms with Gasteiger partial charge in [-0.25, -0.2) is 0 Å². The zero-order chi connectivity index (χ0) is 8.10. The van der Waals surface area contributed by atoms with Crippen molar-refractivity contribution in [1.82, 2.24) is 4.90 Å². The summed E-state index contributed by atoms with van der Waals surface area (Å²) in [5.74, 6) is 0.915. The number of nitrogens with zero attached hydrogens (tertiary/aromatic N) is 1. The predicted molar refractivity (Wildman–Crippen MR) is 49.7 cm³/mol. The van der Waals surface area contributed by atoms with Crippen molar-refractivity contribution in [3.8, 4) is 0 Å². The normalized spacial score (nSPS) is 30.5. The van der Waals surface area contributed by atoms with E-state index in [2.05, 4.69) is 18.9 Å². The van der Waals surface area contributed by atoms with Crippen LogP contribution in [0.4, 0.5) is 0 Å². The molecule has 0 amide bonds. The quantitative estimate of drug-likeness (QED) is 0.519. The first-order chi connectivity index (χ1) is 5.29. The van der Waals surface area contributed by atoms with Crippen LogP contribution in [-0.2, 0) is 0 Å². The van der Waals surface area contributed by atoms with E-state index in [0.717, 1.165) is 5.92 Å². The summed E-state index contributed by atoms with van der Waals surface area (Å²) in [5, 5.41) is 0. The molecule has 0 N–H and O–H groups in total. The van der Waals surface area contributed by atoms with E-state index in [1.165, 1.54) is 45.2 Å². The lowest BCUT2D eigenvalue weighted by Crippen LogP contribution is -2.24. The van der Waals surface area contributed by atoms with Gasteiger partial charge in [-0.3, -0.25) is 0 Å². The van der Waals surface area contributed by atoms with Gasteiger partial charge >= 0.3 is 0 Å². The molecule has 1 heterocycles. The summed E-state index contributed by atoms with van der Waals surface area (Å²) in [6.45, 7) is 4.99. The van der Waals surface area contributed by atoms with Crippen LogP contribution in [0.3, 0.4) is 0 Å². The van der Waals surface area contributed by atoms with Crippen LogP contribution in [-0.4, -0.2) is 25.0 Å². The Morgan fingerprint density at radius 3 is 2.64 bits per heavy atom. The molecule has 1 nitrogen and oxygen atoms in total. The zero-order valence-electron chi connectivity index (χ0n) is 7.97. The van der Waals surface area contributed by atoms with E-state index in [1.54, 1.807) is 0 Å². The molecule has 0 aliphatic carbocycles. The van der Waals surface area contributed by atoms with Crippen molar-refractivity contribution in [1.29, 1.82) is 0 Å². The molecule has 0 aromatic heterocycles. The van der Waals surface area contributed by atoms with E-state index >= 15 is 0 Å². The number of hydrogen-bond acceptors (Lipinski definition) is 1. The van der Waals surface area contributed by atoms with Gasteiger partial charge in [0.05, 0.1) is 0 Å². The average molecular weight is 155 g/mol. The Bertz CT molecular complexity index is 89.0. The second-order valence-corrected chi connectivity index (χ2v) is 4.07. The molecule has 1 fully saturated rings. The van der Waals surface area contributed by atoms with Crippen molar-refractivity contribution in [2.75, 3.05) is 20.1 Å². The summed E-state index contributed by atoms with van der Waals surface area (Å²) in [5.41, 5.74) is 0. The van der Waals surface area contributed by atoms with Crippen LogP contribution in [0.1, 0.15) is 39.0 Å². The third kappa shape index (κ3) is 3.76. The molecule has 11 heavy (non-hydrogen) atoms. The van der Waals surface area contributed by atoms with Crippen molar-refractivity contribution in [3.63, 3.8) is 0 Å². The van der Waals surface area contributed by atoms with Crippen LogP contribution < -0.4 is 0 Å². The maximum Gasteiger partial charge on any atom is 0.000397 e. The number of rotatable bonds is 0. The van der Waals surface area contributed by atoms with Crippen LogP contribution in [0.5, 0.6) is 0 Å². The molecular weight excluding hydrogens is 134 g/mol. The van der Waals surface area contributed by atoms with E-state index in [1.807, 2.05) is 0 Å². The Morgan fingerprint density at radius 2 is 1.82 bits per heavy atom. The molecule has 0 aromatic carbocycles. The van der Waals surface area contributed by atoms with Crippen molar-refractivity contribution in [2.45, 2.75) is 39.0 Å². The first-order valence-electron chi connectivity index (χ1n) is 4.97. The molecule has 0 radical (unpaired) electrons. The largest absolute Gasteiger partial charge is 0.306 e. The molecule has 0 saturated carbocycles. The lowest BCUT2D eigenvalue weighted by atomic mass is 10.0. The Labute approximate surface area is 70.8 Å². The SMILES string of the molecule is C[C@@H]1CCCCCCN(C)C1. The Kier molecular flexibility index (Phi) is 3.92. The third-order valence-corrected chi connectivity index (χ3v) is 2.61. The van der Waals surface area contributed by atoms with Gasteiger partial charge in [0, 0.05) is 6.54 Å². The molecule has 0 unspecified atom stereocenters.